The zero-order chi connectivity index (χ0) is 9.14. The normalized spacial score (nSPS) is 9.92. The molecule has 0 aromatic heterocycles. The fourth-order valence-corrected chi connectivity index (χ4v) is 1.06. The molecule has 0 fully saturated rings. The van der Waals surface area contributed by atoms with Gasteiger partial charge in [-0.1, -0.05) is 23.6 Å². The lowest BCUT2D eigenvalue weighted by molar-refractivity contribution is 0.151. The van der Waals surface area contributed by atoms with Crippen molar-refractivity contribution in [2.24, 2.45) is 0 Å². The average Bonchev–Trinajstić information content (AvgIpc) is 2.03. The van der Waals surface area contributed by atoms with Crippen molar-refractivity contribution >= 4 is 11.6 Å². The van der Waals surface area contributed by atoms with Gasteiger partial charge in [0.2, 0.25) is 0 Å². The Bertz CT molecular complexity index is 326. The van der Waals surface area contributed by atoms with Gasteiger partial charge in [0.25, 0.3) is 6.43 Å². The molecule has 0 aliphatic rings. The highest BCUT2D eigenvalue weighted by Crippen LogP contribution is 2.27. The van der Waals surface area contributed by atoms with Crippen molar-refractivity contribution in [1.82, 2.24) is 0 Å². The first kappa shape index (κ1) is 9.02. The Hall–Kier alpha value is -1.07. The van der Waals surface area contributed by atoms with Crippen molar-refractivity contribution in [3.05, 3.63) is 34.3 Å². The predicted molar refractivity (Wildman–Crippen MR) is 44.3 cm³/mol. The summed E-state index contributed by atoms with van der Waals surface area (Å²) in [5, 5.41) is 0.0143. The number of benzene rings is 1. The van der Waals surface area contributed by atoms with E-state index in [-0.39, 0.29) is 10.6 Å². The fourth-order valence-electron chi connectivity index (χ4n) is 0.794. The summed E-state index contributed by atoms with van der Waals surface area (Å²) in [4.78, 5) is 0. The van der Waals surface area contributed by atoms with E-state index in [4.69, 9.17) is 18.0 Å². The van der Waals surface area contributed by atoms with Crippen LogP contribution in [-0.4, -0.2) is 0 Å². The Morgan fingerprint density at radius 2 is 2.08 bits per heavy atom. The van der Waals surface area contributed by atoms with Gasteiger partial charge in [0.15, 0.2) is 0 Å². The van der Waals surface area contributed by atoms with E-state index in [2.05, 4.69) is 5.92 Å². The summed E-state index contributed by atoms with van der Waals surface area (Å²) in [7, 11) is 0. The molecule has 0 N–H and O–H groups in total. The topological polar surface area (TPSA) is 0 Å². The summed E-state index contributed by atoms with van der Waals surface area (Å²) in [6.45, 7) is 0. The van der Waals surface area contributed by atoms with Gasteiger partial charge in [0.05, 0.1) is 5.02 Å². The van der Waals surface area contributed by atoms with Gasteiger partial charge in [0, 0.05) is 11.1 Å². The van der Waals surface area contributed by atoms with Gasteiger partial charge < -0.3 is 0 Å². The smallest absolute Gasteiger partial charge is 0.205 e. The van der Waals surface area contributed by atoms with Crippen LogP contribution in [0.25, 0.3) is 0 Å². The Morgan fingerprint density at radius 3 is 2.50 bits per heavy atom. The molecule has 12 heavy (non-hydrogen) atoms. The molecule has 0 spiro atoms. The van der Waals surface area contributed by atoms with Gasteiger partial charge in [-0.15, -0.1) is 6.42 Å². The average molecular weight is 187 g/mol. The van der Waals surface area contributed by atoms with E-state index >= 15 is 0 Å². The van der Waals surface area contributed by atoms with Crippen LogP contribution in [0.1, 0.15) is 17.6 Å². The highest BCUT2D eigenvalue weighted by atomic mass is 35.5. The minimum Gasteiger partial charge on any atom is -0.205 e. The number of halogens is 3. The molecule has 0 saturated carbocycles. The maximum atomic E-state index is 12.1. The van der Waals surface area contributed by atoms with E-state index in [9.17, 15) is 8.78 Å². The maximum Gasteiger partial charge on any atom is 0.265 e. The van der Waals surface area contributed by atoms with E-state index in [0.29, 0.717) is 5.56 Å². The Balaban J connectivity index is 3.14. The summed E-state index contributed by atoms with van der Waals surface area (Å²) in [6.07, 6.45) is 2.50. The first-order valence-corrected chi connectivity index (χ1v) is 3.57. The molecule has 0 amide bonds. The lowest BCUT2D eigenvalue weighted by Crippen LogP contribution is -1.86. The molecule has 1 rings (SSSR count). The van der Waals surface area contributed by atoms with Crippen molar-refractivity contribution < 1.29 is 8.78 Å². The third kappa shape index (κ3) is 1.75. The monoisotopic (exact) mass is 186 g/mol. The van der Waals surface area contributed by atoms with Crippen molar-refractivity contribution in [1.29, 1.82) is 0 Å². The maximum absolute atomic E-state index is 12.1. The molecule has 0 atom stereocenters. The molecule has 0 aliphatic heterocycles. The lowest BCUT2D eigenvalue weighted by Gasteiger charge is -2.01. The molecule has 0 heterocycles. The summed E-state index contributed by atoms with van der Waals surface area (Å²) >= 11 is 5.53. The zero-order valence-electron chi connectivity index (χ0n) is 6.02. The van der Waals surface area contributed by atoms with Gasteiger partial charge in [-0.25, -0.2) is 8.78 Å². The van der Waals surface area contributed by atoms with Crippen LogP contribution < -0.4 is 0 Å². The number of rotatable bonds is 1. The number of hydrogen-bond acceptors (Lipinski definition) is 0. The molecule has 1 aromatic rings. The molecule has 0 nitrogen and oxygen atoms in total. The zero-order valence-corrected chi connectivity index (χ0v) is 6.78. The Labute approximate surface area is 74.2 Å². The number of hydrogen-bond donors (Lipinski definition) is 0. The minimum absolute atomic E-state index is 0.0143. The van der Waals surface area contributed by atoms with E-state index < -0.39 is 6.43 Å². The standard InChI is InChI=1S/C9H5ClF2/c1-2-6-3-4-7(9(11)12)8(10)5-6/h1,3-5,9H. The molecule has 1 aromatic carbocycles. The van der Waals surface area contributed by atoms with E-state index in [1.165, 1.54) is 18.2 Å². The van der Waals surface area contributed by atoms with Crippen LogP contribution >= 0.6 is 11.6 Å². The van der Waals surface area contributed by atoms with Crippen LogP contribution in [-0.2, 0) is 0 Å². The SMILES string of the molecule is C#Cc1ccc(C(F)F)c(Cl)c1. The first-order chi connectivity index (χ1) is 5.65. The van der Waals surface area contributed by atoms with E-state index in [1.54, 1.807) is 0 Å². The van der Waals surface area contributed by atoms with Crippen LogP contribution in [0.15, 0.2) is 18.2 Å². The molecular formula is C9H5ClF2. The van der Waals surface area contributed by atoms with Crippen molar-refractivity contribution in [2.45, 2.75) is 6.43 Å². The van der Waals surface area contributed by atoms with E-state index in [0.717, 1.165) is 0 Å². The van der Waals surface area contributed by atoms with Crippen LogP contribution in [0.2, 0.25) is 5.02 Å². The van der Waals surface area contributed by atoms with Crippen molar-refractivity contribution in [3.63, 3.8) is 0 Å². The molecule has 0 aliphatic carbocycles. The summed E-state index contributed by atoms with van der Waals surface area (Å²) in [6, 6.07) is 4.03. The molecule has 62 valence electrons. The van der Waals surface area contributed by atoms with Crippen LogP contribution in [0, 0.1) is 12.3 Å². The van der Waals surface area contributed by atoms with Gasteiger partial charge in [-0.05, 0) is 12.1 Å². The highest BCUT2D eigenvalue weighted by Gasteiger charge is 2.10. The summed E-state index contributed by atoms with van der Waals surface area (Å²) < 4.78 is 24.3. The molecule has 0 radical (unpaired) electrons. The molecule has 0 unspecified atom stereocenters. The van der Waals surface area contributed by atoms with Crippen LogP contribution in [0.4, 0.5) is 8.78 Å². The Morgan fingerprint density at radius 1 is 1.42 bits per heavy atom. The van der Waals surface area contributed by atoms with Crippen LogP contribution in [0.3, 0.4) is 0 Å². The molecule has 3 heteroatoms. The second-order valence-corrected chi connectivity index (χ2v) is 2.59. The first-order valence-electron chi connectivity index (χ1n) is 3.19. The second-order valence-electron chi connectivity index (χ2n) is 2.18. The van der Waals surface area contributed by atoms with Gasteiger partial charge in [-0.3, -0.25) is 0 Å². The third-order valence-corrected chi connectivity index (χ3v) is 1.73. The second kappa shape index (κ2) is 3.55. The van der Waals surface area contributed by atoms with Gasteiger partial charge in [0.1, 0.15) is 0 Å². The molecular weight excluding hydrogens is 182 g/mol. The number of alkyl halides is 2. The van der Waals surface area contributed by atoms with Crippen LogP contribution in [0.5, 0.6) is 0 Å². The highest BCUT2D eigenvalue weighted by molar-refractivity contribution is 6.31. The van der Waals surface area contributed by atoms with Gasteiger partial charge in [-0.2, -0.15) is 0 Å². The van der Waals surface area contributed by atoms with Crippen molar-refractivity contribution in [3.8, 4) is 12.3 Å². The predicted octanol–water partition coefficient (Wildman–Crippen LogP) is 3.26. The summed E-state index contributed by atoms with van der Waals surface area (Å²) in [5.74, 6) is 2.30. The number of terminal acetylenes is 1. The molecule has 0 saturated heterocycles. The minimum atomic E-state index is -2.55. The molecule has 0 bridgehead atoms. The quantitative estimate of drug-likeness (QED) is 0.591. The summed E-state index contributed by atoms with van der Waals surface area (Å²) in [5.41, 5.74) is 0.320. The fraction of sp³-hybridized carbons (Fsp3) is 0.111. The van der Waals surface area contributed by atoms with E-state index in [1.807, 2.05) is 0 Å². The van der Waals surface area contributed by atoms with Gasteiger partial charge >= 0.3 is 0 Å². The lowest BCUT2D eigenvalue weighted by atomic mass is 10.1. The Kier molecular flexibility index (Phi) is 2.67. The van der Waals surface area contributed by atoms with Crippen molar-refractivity contribution in [2.75, 3.05) is 0 Å². The largest absolute Gasteiger partial charge is 0.265 e. The third-order valence-electron chi connectivity index (χ3n) is 1.40.